The normalized spacial score (nSPS) is 16.4. The molecule has 3 heterocycles. The average molecular weight is 478 g/mol. The highest BCUT2D eigenvalue weighted by molar-refractivity contribution is 7.93. The van der Waals surface area contributed by atoms with Crippen LogP contribution in [0.15, 0.2) is 63.7 Å². The third-order valence-corrected chi connectivity index (χ3v) is 7.64. The Bertz CT molecular complexity index is 1620. The zero-order valence-corrected chi connectivity index (χ0v) is 18.5. The molecule has 0 fully saturated rings. The largest absolute Gasteiger partial charge is 0.493 e. The number of hydrogen-bond acceptors (Lipinski definition) is 7. The molecule has 172 valence electrons. The van der Waals surface area contributed by atoms with Crippen LogP contribution in [0.5, 0.6) is 17.4 Å². The highest BCUT2D eigenvalue weighted by Gasteiger charge is 2.36. The van der Waals surface area contributed by atoms with Gasteiger partial charge in [-0.25, -0.2) is 8.42 Å². The Morgan fingerprint density at radius 3 is 2.62 bits per heavy atom. The van der Waals surface area contributed by atoms with Crippen molar-refractivity contribution in [1.29, 1.82) is 0 Å². The topological polar surface area (TPSA) is 134 Å². The molecule has 0 saturated carbocycles. The number of carbonyl (C=O) groups is 1. The number of fused-ring (bicyclic) bond motifs is 2. The van der Waals surface area contributed by atoms with E-state index < -0.39 is 22.5 Å². The van der Waals surface area contributed by atoms with Gasteiger partial charge >= 0.3 is 0 Å². The molecule has 1 amide bonds. The number of benzene rings is 3. The van der Waals surface area contributed by atoms with E-state index >= 15 is 0 Å². The second-order valence-electron chi connectivity index (χ2n) is 7.95. The maximum absolute atomic E-state index is 13.1. The third kappa shape index (κ3) is 3.08. The number of hydrogen-bond donors (Lipinski definition) is 2. The number of azo groups is 1. The van der Waals surface area contributed by atoms with Gasteiger partial charge in [0.2, 0.25) is 5.88 Å². The summed E-state index contributed by atoms with van der Waals surface area (Å²) < 4.78 is 38.5. The molecule has 2 aliphatic rings. The van der Waals surface area contributed by atoms with E-state index in [0.717, 1.165) is 16.1 Å². The second kappa shape index (κ2) is 7.45. The van der Waals surface area contributed by atoms with Crippen molar-refractivity contribution >= 4 is 49.0 Å². The third-order valence-electron chi connectivity index (χ3n) is 5.84. The lowest BCUT2D eigenvalue weighted by atomic mass is 10.1. The second-order valence-corrected chi connectivity index (χ2v) is 9.78. The first kappa shape index (κ1) is 20.5. The number of aromatic amines is 1. The molecule has 4 aromatic rings. The van der Waals surface area contributed by atoms with Crippen molar-refractivity contribution in [3.8, 4) is 17.4 Å². The summed E-state index contributed by atoms with van der Waals surface area (Å²) in [6.45, 7) is 0.488. The average Bonchev–Trinajstić information content (AvgIpc) is 3.10. The van der Waals surface area contributed by atoms with Gasteiger partial charge in [0, 0.05) is 23.3 Å². The van der Waals surface area contributed by atoms with Gasteiger partial charge in [0.1, 0.15) is 6.54 Å². The molecule has 0 unspecified atom stereocenters. The lowest BCUT2D eigenvalue weighted by Crippen LogP contribution is -2.31. The number of rotatable bonds is 3. The van der Waals surface area contributed by atoms with E-state index in [1.807, 2.05) is 12.1 Å². The lowest BCUT2D eigenvalue weighted by Gasteiger charge is -2.16. The minimum Gasteiger partial charge on any atom is -0.493 e. The van der Waals surface area contributed by atoms with Crippen molar-refractivity contribution in [1.82, 2.24) is 4.98 Å². The number of anilines is 1. The lowest BCUT2D eigenvalue weighted by molar-refractivity contribution is -0.116. The molecule has 0 spiro atoms. The van der Waals surface area contributed by atoms with Gasteiger partial charge in [-0.1, -0.05) is 24.3 Å². The van der Waals surface area contributed by atoms with E-state index in [-0.39, 0.29) is 16.5 Å². The monoisotopic (exact) mass is 478 g/mol. The molecule has 2 N–H and O–H groups in total. The number of amides is 1. The van der Waals surface area contributed by atoms with Crippen LogP contribution >= 0.6 is 0 Å². The first-order valence-electron chi connectivity index (χ1n) is 10.6. The Balaban J connectivity index is 1.31. The van der Waals surface area contributed by atoms with Gasteiger partial charge in [0.15, 0.2) is 17.2 Å². The zero-order valence-electron chi connectivity index (χ0n) is 17.7. The summed E-state index contributed by atoms with van der Waals surface area (Å²) in [5.74, 6) is -0.0197. The summed E-state index contributed by atoms with van der Waals surface area (Å²) in [4.78, 5) is 15.6. The summed E-state index contributed by atoms with van der Waals surface area (Å²) in [5.41, 5.74) is 1.01. The summed E-state index contributed by atoms with van der Waals surface area (Å²) in [7, 11) is -3.90. The summed E-state index contributed by atoms with van der Waals surface area (Å²) in [5, 5.41) is 19.8. The van der Waals surface area contributed by atoms with Gasteiger partial charge in [-0.2, -0.15) is 0 Å². The molecule has 2 aliphatic heterocycles. The SMILES string of the molecule is O=C(CN1c2cccc3cccc(c23)S1(=O)=O)N=Nc1c(O)[nH]c2cc3c(cc12)OCCCO3. The van der Waals surface area contributed by atoms with E-state index in [4.69, 9.17) is 9.47 Å². The van der Waals surface area contributed by atoms with Crippen LogP contribution in [0, 0.1) is 0 Å². The first-order chi connectivity index (χ1) is 16.4. The number of sulfonamides is 1. The molecule has 10 nitrogen and oxygen atoms in total. The molecule has 6 rings (SSSR count). The van der Waals surface area contributed by atoms with Crippen LogP contribution in [0.4, 0.5) is 11.4 Å². The van der Waals surface area contributed by atoms with Crippen molar-refractivity contribution in [2.24, 2.45) is 10.2 Å². The number of aromatic nitrogens is 1. The smallest absolute Gasteiger partial charge is 0.285 e. The summed E-state index contributed by atoms with van der Waals surface area (Å²) in [6, 6.07) is 13.6. The van der Waals surface area contributed by atoms with Crippen LogP contribution in [-0.4, -0.2) is 44.2 Å². The van der Waals surface area contributed by atoms with Gasteiger partial charge in [-0.05, 0) is 23.6 Å². The minimum absolute atomic E-state index is 0.0497. The fraction of sp³-hybridized carbons (Fsp3) is 0.174. The molecule has 0 atom stereocenters. The molecule has 34 heavy (non-hydrogen) atoms. The van der Waals surface area contributed by atoms with Crippen molar-refractivity contribution < 1.29 is 27.8 Å². The molecule has 3 aromatic carbocycles. The minimum atomic E-state index is -3.90. The molecule has 0 radical (unpaired) electrons. The van der Waals surface area contributed by atoms with E-state index in [1.54, 1.807) is 30.3 Å². The van der Waals surface area contributed by atoms with Crippen molar-refractivity contribution in [2.75, 3.05) is 24.1 Å². The Labute approximate surface area is 193 Å². The molecular weight excluding hydrogens is 460 g/mol. The molecule has 1 aromatic heterocycles. The Hall–Kier alpha value is -4.12. The fourth-order valence-corrected chi connectivity index (χ4v) is 5.97. The van der Waals surface area contributed by atoms with Gasteiger partial charge in [0.05, 0.1) is 29.3 Å². The van der Waals surface area contributed by atoms with Gasteiger partial charge in [0.25, 0.3) is 15.9 Å². The van der Waals surface area contributed by atoms with E-state index in [0.29, 0.717) is 46.7 Å². The Morgan fingerprint density at radius 2 is 1.82 bits per heavy atom. The number of nitrogens with zero attached hydrogens (tertiary/aromatic N) is 3. The fourth-order valence-electron chi connectivity index (χ4n) is 4.31. The van der Waals surface area contributed by atoms with Crippen molar-refractivity contribution in [3.63, 3.8) is 0 Å². The van der Waals surface area contributed by atoms with E-state index in [1.165, 1.54) is 6.07 Å². The highest BCUT2D eigenvalue weighted by Crippen LogP contribution is 2.43. The van der Waals surface area contributed by atoms with Crippen LogP contribution in [0.3, 0.4) is 0 Å². The van der Waals surface area contributed by atoms with Crippen molar-refractivity contribution in [3.05, 3.63) is 48.5 Å². The molecular formula is C23H18N4O6S. The van der Waals surface area contributed by atoms with Crippen LogP contribution in [0.1, 0.15) is 6.42 Å². The molecule has 0 bridgehead atoms. The Kier molecular flexibility index (Phi) is 4.49. The van der Waals surface area contributed by atoms with Gasteiger partial charge < -0.3 is 19.6 Å². The quantitative estimate of drug-likeness (QED) is 0.428. The number of aromatic hydroxyl groups is 1. The maximum Gasteiger partial charge on any atom is 0.285 e. The van der Waals surface area contributed by atoms with Gasteiger partial charge in [-0.3, -0.25) is 9.10 Å². The molecule has 0 saturated heterocycles. The van der Waals surface area contributed by atoms with Gasteiger partial charge in [-0.15, -0.1) is 10.2 Å². The molecule has 11 heteroatoms. The van der Waals surface area contributed by atoms with E-state index in [2.05, 4.69) is 15.2 Å². The van der Waals surface area contributed by atoms with Crippen LogP contribution in [0.2, 0.25) is 0 Å². The number of carbonyl (C=O) groups excluding carboxylic acids is 1. The van der Waals surface area contributed by atoms with E-state index in [9.17, 15) is 18.3 Å². The predicted octanol–water partition coefficient (Wildman–Crippen LogP) is 4.01. The number of ether oxygens (including phenoxy) is 2. The van der Waals surface area contributed by atoms with Crippen LogP contribution in [-0.2, 0) is 14.8 Å². The number of nitrogens with one attached hydrogen (secondary N) is 1. The summed E-state index contributed by atoms with van der Waals surface area (Å²) in [6.07, 6.45) is 0.742. The van der Waals surface area contributed by atoms with Crippen LogP contribution < -0.4 is 13.8 Å². The van der Waals surface area contributed by atoms with Crippen molar-refractivity contribution in [2.45, 2.75) is 11.3 Å². The first-order valence-corrected chi connectivity index (χ1v) is 12.0. The standard InChI is InChI=1S/C23H18N4O6S/c28-20(12-27-16-6-1-4-13-5-2-7-19(21(13)16)34(27,30)31)25-26-22-14-10-17-18(33-9-3-8-32-17)11-15(14)24-23(22)29/h1-2,4-7,10-11,24,29H,3,8-9,12H2. The molecule has 0 aliphatic carbocycles. The Morgan fingerprint density at radius 1 is 1.09 bits per heavy atom. The summed E-state index contributed by atoms with van der Waals surface area (Å²) >= 11 is 0. The number of H-pyrrole nitrogens is 1. The van der Waals surface area contributed by atoms with Crippen LogP contribution in [0.25, 0.3) is 21.7 Å². The zero-order chi connectivity index (χ0) is 23.4. The maximum atomic E-state index is 13.1. The predicted molar refractivity (Wildman–Crippen MR) is 124 cm³/mol. The highest BCUT2D eigenvalue weighted by atomic mass is 32.2.